The number of rotatable bonds is 6. The van der Waals surface area contributed by atoms with Crippen LogP contribution in [0.3, 0.4) is 0 Å². The zero-order valence-corrected chi connectivity index (χ0v) is 19.1. The molecule has 0 atom stereocenters. The molecule has 4 N–H and O–H groups in total. The number of aryl methyl sites for hydroxylation is 1. The van der Waals surface area contributed by atoms with E-state index in [1.807, 2.05) is 22.8 Å². The molecule has 1 spiro atoms. The summed E-state index contributed by atoms with van der Waals surface area (Å²) in [6.07, 6.45) is 8.33. The van der Waals surface area contributed by atoms with Crippen molar-refractivity contribution in [2.75, 3.05) is 31.2 Å². The smallest absolute Gasteiger partial charge is 0.256 e. The van der Waals surface area contributed by atoms with Crippen LogP contribution < -0.4 is 26.5 Å². The monoisotopic (exact) mass is 465 g/mol. The number of ether oxygens (including phenoxy) is 1. The quantitative estimate of drug-likeness (QED) is 0.381. The maximum Gasteiger partial charge on any atom is 0.256 e. The van der Waals surface area contributed by atoms with Gasteiger partial charge >= 0.3 is 0 Å². The minimum Gasteiger partial charge on any atom is -0.489 e. The van der Waals surface area contributed by atoms with E-state index in [1.165, 1.54) is 7.05 Å². The van der Waals surface area contributed by atoms with Gasteiger partial charge in [-0.25, -0.2) is 4.39 Å². The Kier molecular flexibility index (Phi) is 5.63. The standard InChI is InChI=1S/C25H28FN5O3/c1-28-24(33)16-14-31-21-17(22(16)32)19(27)18(26)20(23(21)34-13-10-25(31)8-5-9-25)30-12-4-7-15-6-2-3-11-29-15/h2-3,6,11,14,30H,4-5,7-10,12-13,27H2,1H3,(H,28,33). The molecular formula is C25H28FN5O3. The minimum atomic E-state index is -0.734. The number of carbonyl (C=O) groups excluding carboxylic acids is 1. The number of anilines is 2. The van der Waals surface area contributed by atoms with Gasteiger partial charge in [0.1, 0.15) is 11.3 Å². The van der Waals surface area contributed by atoms with Gasteiger partial charge in [-0.2, -0.15) is 0 Å². The van der Waals surface area contributed by atoms with Gasteiger partial charge in [-0.15, -0.1) is 0 Å². The summed E-state index contributed by atoms with van der Waals surface area (Å²) in [6, 6.07) is 5.75. The molecule has 0 saturated heterocycles. The number of aromatic nitrogens is 2. The average molecular weight is 466 g/mol. The molecule has 1 fully saturated rings. The van der Waals surface area contributed by atoms with E-state index < -0.39 is 17.2 Å². The topological polar surface area (TPSA) is 111 Å². The van der Waals surface area contributed by atoms with Crippen molar-refractivity contribution in [3.8, 4) is 5.75 Å². The minimum absolute atomic E-state index is 0.000751. The summed E-state index contributed by atoms with van der Waals surface area (Å²) in [4.78, 5) is 30.1. The largest absolute Gasteiger partial charge is 0.489 e. The van der Waals surface area contributed by atoms with E-state index >= 15 is 4.39 Å². The summed E-state index contributed by atoms with van der Waals surface area (Å²) in [5, 5.41) is 5.66. The van der Waals surface area contributed by atoms with Gasteiger partial charge in [0, 0.05) is 43.6 Å². The van der Waals surface area contributed by atoms with Gasteiger partial charge in [0.05, 0.1) is 23.2 Å². The van der Waals surface area contributed by atoms with E-state index in [4.69, 9.17) is 10.5 Å². The second kappa shape index (κ2) is 8.62. The van der Waals surface area contributed by atoms with Crippen LogP contribution in [-0.2, 0) is 12.0 Å². The third kappa shape index (κ3) is 3.46. The fourth-order valence-corrected chi connectivity index (χ4v) is 5.09. The maximum absolute atomic E-state index is 15.6. The maximum atomic E-state index is 15.6. The van der Waals surface area contributed by atoms with E-state index in [1.54, 1.807) is 12.4 Å². The van der Waals surface area contributed by atoms with E-state index in [0.717, 1.165) is 37.8 Å². The fraction of sp³-hybridized carbons (Fsp3) is 0.400. The Morgan fingerprint density at radius 2 is 2.15 bits per heavy atom. The van der Waals surface area contributed by atoms with E-state index in [-0.39, 0.29) is 33.6 Å². The van der Waals surface area contributed by atoms with Gasteiger partial charge in [-0.05, 0) is 44.2 Å². The van der Waals surface area contributed by atoms with Gasteiger partial charge in [-0.3, -0.25) is 14.6 Å². The number of amides is 1. The molecule has 2 aromatic heterocycles. The number of halogens is 1. The van der Waals surface area contributed by atoms with Crippen LogP contribution >= 0.6 is 0 Å². The molecule has 1 aliphatic heterocycles. The molecule has 1 saturated carbocycles. The van der Waals surface area contributed by atoms with Crippen molar-refractivity contribution in [2.24, 2.45) is 0 Å². The van der Waals surface area contributed by atoms with Gasteiger partial charge < -0.3 is 25.7 Å². The van der Waals surface area contributed by atoms with Crippen LogP contribution in [0.5, 0.6) is 5.75 Å². The highest BCUT2D eigenvalue weighted by Gasteiger charge is 2.43. The fourth-order valence-electron chi connectivity index (χ4n) is 5.09. The number of hydrogen-bond acceptors (Lipinski definition) is 6. The van der Waals surface area contributed by atoms with Crippen LogP contribution in [0, 0.1) is 5.82 Å². The summed E-state index contributed by atoms with van der Waals surface area (Å²) < 4.78 is 23.6. The first-order valence-electron chi connectivity index (χ1n) is 11.7. The highest BCUT2D eigenvalue weighted by molar-refractivity contribution is 6.04. The summed E-state index contributed by atoms with van der Waals surface area (Å²) in [5.41, 5.74) is 6.61. The average Bonchev–Trinajstić information content (AvgIpc) is 3.00. The van der Waals surface area contributed by atoms with Crippen molar-refractivity contribution in [1.82, 2.24) is 14.9 Å². The first-order chi connectivity index (χ1) is 16.5. The Morgan fingerprint density at radius 3 is 2.82 bits per heavy atom. The van der Waals surface area contributed by atoms with Crippen molar-refractivity contribution in [1.29, 1.82) is 0 Å². The normalized spacial score (nSPS) is 15.9. The Hall–Kier alpha value is -3.62. The van der Waals surface area contributed by atoms with Gasteiger partial charge in [0.2, 0.25) is 5.43 Å². The van der Waals surface area contributed by atoms with E-state index in [0.29, 0.717) is 25.1 Å². The van der Waals surface area contributed by atoms with Crippen LogP contribution in [0.25, 0.3) is 10.9 Å². The SMILES string of the molecule is CNC(=O)c1cn2c3c(c(NCCCc4ccccn4)c(F)c(N)c3c1=O)OCCC21CCC1. The number of benzene rings is 1. The predicted octanol–water partition coefficient (Wildman–Crippen LogP) is 3.18. The van der Waals surface area contributed by atoms with Crippen molar-refractivity contribution < 1.29 is 13.9 Å². The Labute approximate surface area is 196 Å². The van der Waals surface area contributed by atoms with Crippen molar-refractivity contribution in [3.05, 3.63) is 57.9 Å². The molecule has 3 aromatic rings. The lowest BCUT2D eigenvalue weighted by Crippen LogP contribution is -2.42. The predicted molar refractivity (Wildman–Crippen MR) is 129 cm³/mol. The first-order valence-corrected chi connectivity index (χ1v) is 11.7. The highest BCUT2D eigenvalue weighted by Crippen LogP contribution is 2.49. The molecule has 0 radical (unpaired) electrons. The zero-order valence-electron chi connectivity index (χ0n) is 19.1. The van der Waals surface area contributed by atoms with Crippen molar-refractivity contribution in [3.63, 3.8) is 0 Å². The molecule has 3 heterocycles. The lowest BCUT2D eigenvalue weighted by molar-refractivity contribution is 0.0956. The number of nitrogens with zero attached hydrogens (tertiary/aromatic N) is 2. The lowest BCUT2D eigenvalue weighted by Gasteiger charge is -2.44. The van der Waals surface area contributed by atoms with Crippen LogP contribution in [-0.4, -0.2) is 35.7 Å². The Balaban J connectivity index is 1.62. The van der Waals surface area contributed by atoms with E-state index in [9.17, 15) is 9.59 Å². The number of nitrogens with two attached hydrogens (primary N) is 1. The van der Waals surface area contributed by atoms with E-state index in [2.05, 4.69) is 15.6 Å². The van der Waals surface area contributed by atoms with Crippen LogP contribution in [0.2, 0.25) is 0 Å². The molecule has 8 nitrogen and oxygen atoms in total. The summed E-state index contributed by atoms with van der Waals surface area (Å²) in [7, 11) is 1.46. The second-order valence-corrected chi connectivity index (χ2v) is 9.00. The van der Waals surface area contributed by atoms with Gasteiger partial charge in [0.25, 0.3) is 5.91 Å². The van der Waals surface area contributed by atoms with Gasteiger partial charge in [-0.1, -0.05) is 6.07 Å². The number of pyridine rings is 2. The molecular weight excluding hydrogens is 437 g/mol. The summed E-state index contributed by atoms with van der Waals surface area (Å²) in [5.74, 6) is -0.972. The molecule has 9 heteroatoms. The molecule has 1 aromatic carbocycles. The zero-order chi connectivity index (χ0) is 23.9. The van der Waals surface area contributed by atoms with Crippen molar-refractivity contribution in [2.45, 2.75) is 44.1 Å². The second-order valence-electron chi connectivity index (χ2n) is 9.00. The highest BCUT2D eigenvalue weighted by atomic mass is 19.1. The molecule has 34 heavy (non-hydrogen) atoms. The number of nitrogen functional groups attached to an aromatic ring is 1. The van der Waals surface area contributed by atoms with Crippen LogP contribution in [0.1, 0.15) is 48.2 Å². The Morgan fingerprint density at radius 1 is 1.32 bits per heavy atom. The summed E-state index contributed by atoms with van der Waals surface area (Å²) >= 11 is 0. The molecule has 0 bridgehead atoms. The number of hydrogen-bond donors (Lipinski definition) is 3. The molecule has 178 valence electrons. The van der Waals surface area contributed by atoms with Crippen molar-refractivity contribution >= 4 is 28.2 Å². The number of fused-ring (bicyclic) bond motifs is 1. The molecule has 0 unspecified atom stereocenters. The Bertz CT molecular complexity index is 1320. The number of carbonyl (C=O) groups is 1. The first kappa shape index (κ1) is 22.2. The third-order valence-corrected chi connectivity index (χ3v) is 7.09. The van der Waals surface area contributed by atoms with Crippen LogP contribution in [0.15, 0.2) is 35.4 Å². The molecule has 2 aliphatic rings. The third-order valence-electron chi connectivity index (χ3n) is 7.09. The molecule has 5 rings (SSSR count). The number of nitrogens with one attached hydrogen (secondary N) is 2. The van der Waals surface area contributed by atoms with Crippen LogP contribution in [0.4, 0.5) is 15.8 Å². The molecule has 1 aliphatic carbocycles. The molecule has 1 amide bonds. The van der Waals surface area contributed by atoms with Gasteiger partial charge in [0.15, 0.2) is 11.6 Å². The lowest BCUT2D eigenvalue weighted by atomic mass is 9.74. The summed E-state index contributed by atoms with van der Waals surface area (Å²) in [6.45, 7) is 0.854.